The van der Waals surface area contributed by atoms with E-state index < -0.39 is 23.9 Å². The topological polar surface area (TPSA) is 122 Å². The summed E-state index contributed by atoms with van der Waals surface area (Å²) in [6.45, 7) is 0. The van der Waals surface area contributed by atoms with E-state index >= 15 is 0 Å². The molecule has 0 aliphatic heterocycles. The van der Waals surface area contributed by atoms with Crippen LogP contribution < -0.4 is 9.80 Å². The van der Waals surface area contributed by atoms with E-state index in [1.807, 2.05) is 152 Å². The van der Waals surface area contributed by atoms with Crippen molar-refractivity contribution in [2.45, 2.75) is 0 Å². The number of methoxy groups -OCH3 is 4. The van der Waals surface area contributed by atoms with Gasteiger partial charge in [0.25, 0.3) is 0 Å². The summed E-state index contributed by atoms with van der Waals surface area (Å²) in [7, 11) is 5.64. The summed E-state index contributed by atoms with van der Waals surface area (Å²) in [5.41, 5.74) is 20.7. The third-order valence-electron chi connectivity index (χ3n) is 22.8. The number of fused-ring (bicyclic) bond motifs is 10. The molecular formula is C108H76N4O8. The van der Waals surface area contributed by atoms with E-state index in [4.69, 9.17) is 18.9 Å². The van der Waals surface area contributed by atoms with E-state index in [1.54, 1.807) is 6.07 Å². The Hall–Kier alpha value is -15.9. The molecule has 0 amide bonds. The SMILES string of the molecule is COC(=O)c1ccccc1-c1c2ccccc2c(-c2ccccc2C(=O)OC)c2c(N(c3ccccc3)c3ccc4c(c3)c3ccccc3n4-c3ccccc3)cccc12.COC(=O)c1ccccc1-c1c2ccccc2c(-c2ccccc2C(=O)OC)c2cc(N(c3ccccc3)c3ccc4c(c3)c3ccccc3n4-c3ccccc3)ccc12. The maximum absolute atomic E-state index is 13.6. The quantitative estimate of drug-likeness (QED) is 0.0525. The van der Waals surface area contributed by atoms with Crippen molar-refractivity contribution >= 4 is 145 Å². The van der Waals surface area contributed by atoms with Gasteiger partial charge in [0.1, 0.15) is 0 Å². The molecule has 120 heavy (non-hydrogen) atoms. The fraction of sp³-hybridized carbons (Fsp3) is 0.0370. The zero-order valence-corrected chi connectivity index (χ0v) is 66.0. The zero-order chi connectivity index (χ0) is 81.5. The van der Waals surface area contributed by atoms with Crippen molar-refractivity contribution in [3.63, 3.8) is 0 Å². The first kappa shape index (κ1) is 74.2. The van der Waals surface area contributed by atoms with Crippen LogP contribution in [0.1, 0.15) is 41.4 Å². The molecule has 0 atom stereocenters. The van der Waals surface area contributed by atoms with Crippen LogP contribution in [0.2, 0.25) is 0 Å². The number of hydrogen-bond donors (Lipinski definition) is 0. The van der Waals surface area contributed by atoms with Crippen molar-refractivity contribution in [3.05, 3.63) is 411 Å². The lowest BCUT2D eigenvalue weighted by molar-refractivity contribution is 0.0592. The summed E-state index contributed by atoms with van der Waals surface area (Å²) in [6.07, 6.45) is 0. The molecule has 0 unspecified atom stereocenters. The standard InChI is InChI=1S/2C54H38N2O4/c1-59-53(57)43-27-13-11-25-41(43)50-39-23-9-10-24-40(39)51(42-26-12-14-28-44(42)54(58)60-2)52-45(50)29-17-31-49(52)55(35-18-5-3-6-19-35)37-32-33-48-46(34-37)38-22-15-16-30-47(38)56(48)36-20-7-4-8-21-36;1-59-53(57)45-26-13-11-24-42(45)51-40-22-9-10-23-41(40)52(43-25-12-14-27-46(43)54(58)60-2)48-34-37(29-31-44(48)51)55(35-17-5-3-6-18-35)38-30-32-50-47(33-38)39-21-15-16-28-49(39)56(50)36-19-7-4-8-20-36/h2*3-34H,1-2H3. The van der Waals surface area contributed by atoms with E-state index in [1.165, 1.54) is 28.4 Å². The second kappa shape index (κ2) is 31.7. The monoisotopic (exact) mass is 1560 g/mol. The Labute approximate surface area is 692 Å². The highest BCUT2D eigenvalue weighted by Gasteiger charge is 2.30. The lowest BCUT2D eigenvalue weighted by Gasteiger charge is -2.29. The number of anilines is 6. The summed E-state index contributed by atoms with van der Waals surface area (Å²) in [4.78, 5) is 58.5. The predicted octanol–water partition coefficient (Wildman–Crippen LogP) is 26.9. The van der Waals surface area contributed by atoms with Gasteiger partial charge in [0.05, 0.1) is 78.4 Å². The number of nitrogens with zero attached hydrogens (tertiary/aromatic N) is 4. The molecule has 20 rings (SSSR count). The molecule has 576 valence electrons. The van der Waals surface area contributed by atoms with Gasteiger partial charge in [-0.1, -0.05) is 249 Å². The molecule has 0 spiro atoms. The fourth-order valence-electron chi connectivity index (χ4n) is 17.7. The van der Waals surface area contributed by atoms with Crippen LogP contribution in [0.15, 0.2) is 388 Å². The molecule has 20 aromatic rings. The van der Waals surface area contributed by atoms with Crippen molar-refractivity contribution in [1.29, 1.82) is 0 Å². The third-order valence-corrected chi connectivity index (χ3v) is 22.8. The second-order valence-corrected chi connectivity index (χ2v) is 29.3. The predicted molar refractivity (Wildman–Crippen MR) is 488 cm³/mol. The minimum atomic E-state index is -0.430. The van der Waals surface area contributed by atoms with Crippen molar-refractivity contribution in [1.82, 2.24) is 9.13 Å². The first-order valence-electron chi connectivity index (χ1n) is 39.7. The average Bonchev–Trinajstić information content (AvgIpc) is 0.848. The van der Waals surface area contributed by atoms with Gasteiger partial charge in [0.2, 0.25) is 0 Å². The van der Waals surface area contributed by atoms with E-state index in [2.05, 4.69) is 249 Å². The van der Waals surface area contributed by atoms with Crippen LogP contribution in [-0.2, 0) is 18.9 Å². The van der Waals surface area contributed by atoms with Crippen LogP contribution in [0.25, 0.3) is 143 Å². The fourth-order valence-corrected chi connectivity index (χ4v) is 17.7. The highest BCUT2D eigenvalue weighted by Crippen LogP contribution is 2.53. The largest absolute Gasteiger partial charge is 0.465 e. The Kier molecular flexibility index (Phi) is 19.6. The van der Waals surface area contributed by atoms with Crippen molar-refractivity contribution in [2.75, 3.05) is 38.2 Å². The molecule has 0 fully saturated rings. The Bertz CT molecular complexity index is 7370. The average molecular weight is 1560 g/mol. The van der Waals surface area contributed by atoms with Gasteiger partial charge >= 0.3 is 23.9 Å². The van der Waals surface area contributed by atoms with Gasteiger partial charge in [-0.05, 0) is 216 Å². The first-order valence-corrected chi connectivity index (χ1v) is 39.7. The molecule has 0 aliphatic carbocycles. The molecule has 18 aromatic carbocycles. The van der Waals surface area contributed by atoms with Crippen molar-refractivity contribution in [3.8, 4) is 55.9 Å². The molecule has 0 saturated carbocycles. The molecule has 12 heteroatoms. The number of carbonyl (C=O) groups is 4. The molecule has 2 heterocycles. The lowest BCUT2D eigenvalue weighted by Crippen LogP contribution is -2.12. The minimum Gasteiger partial charge on any atom is -0.465 e. The smallest absolute Gasteiger partial charge is 0.338 e. The Morgan fingerprint density at radius 3 is 0.917 bits per heavy atom. The summed E-state index contributed by atoms with van der Waals surface area (Å²) in [6, 6.07) is 132. The summed E-state index contributed by atoms with van der Waals surface area (Å²) < 4.78 is 26.0. The highest BCUT2D eigenvalue weighted by molar-refractivity contribution is 6.29. The second-order valence-electron chi connectivity index (χ2n) is 29.3. The summed E-state index contributed by atoms with van der Waals surface area (Å²) in [5, 5.41) is 11.9. The van der Waals surface area contributed by atoms with E-state index in [-0.39, 0.29) is 0 Å². The normalized spacial score (nSPS) is 11.3. The van der Waals surface area contributed by atoms with Crippen LogP contribution >= 0.6 is 0 Å². The highest BCUT2D eigenvalue weighted by atomic mass is 16.5. The number of esters is 4. The van der Waals surface area contributed by atoms with Gasteiger partial charge in [-0.15, -0.1) is 0 Å². The number of ether oxygens (including phenoxy) is 4. The first-order chi connectivity index (χ1) is 59.1. The molecule has 2 aromatic heterocycles. The number of aromatic nitrogens is 2. The number of carbonyl (C=O) groups excluding carboxylic acids is 4. The molecular weight excluding hydrogens is 1480 g/mol. The molecule has 0 N–H and O–H groups in total. The molecule has 0 bridgehead atoms. The van der Waals surface area contributed by atoms with Crippen LogP contribution in [0, 0.1) is 0 Å². The van der Waals surface area contributed by atoms with E-state index in [9.17, 15) is 19.2 Å². The van der Waals surface area contributed by atoms with Gasteiger partial charge in [0, 0.05) is 72.3 Å². The van der Waals surface area contributed by atoms with Gasteiger partial charge in [-0.2, -0.15) is 0 Å². The Morgan fingerprint density at radius 2 is 0.500 bits per heavy atom. The summed E-state index contributed by atoms with van der Waals surface area (Å²) in [5.74, 6) is -1.69. The van der Waals surface area contributed by atoms with Crippen molar-refractivity contribution in [2.24, 2.45) is 0 Å². The van der Waals surface area contributed by atoms with E-state index in [0.29, 0.717) is 22.3 Å². The summed E-state index contributed by atoms with van der Waals surface area (Å²) >= 11 is 0. The van der Waals surface area contributed by atoms with Crippen LogP contribution in [0.5, 0.6) is 0 Å². The zero-order valence-electron chi connectivity index (χ0n) is 66.0. The lowest BCUT2D eigenvalue weighted by atomic mass is 9.83. The van der Waals surface area contributed by atoms with Crippen molar-refractivity contribution < 1.29 is 38.1 Å². The molecule has 12 nitrogen and oxygen atoms in total. The molecule has 0 saturated heterocycles. The molecule has 0 radical (unpaired) electrons. The number of hydrogen-bond acceptors (Lipinski definition) is 10. The molecule has 0 aliphatic rings. The van der Waals surface area contributed by atoms with Gasteiger partial charge < -0.3 is 37.9 Å². The third kappa shape index (κ3) is 12.8. The maximum atomic E-state index is 13.6. The van der Waals surface area contributed by atoms with Crippen LogP contribution in [0.3, 0.4) is 0 Å². The number of rotatable bonds is 16. The van der Waals surface area contributed by atoms with Crippen LogP contribution in [-0.4, -0.2) is 61.5 Å². The maximum Gasteiger partial charge on any atom is 0.338 e. The Balaban J connectivity index is 0.000000159. The van der Waals surface area contributed by atoms with E-state index in [0.717, 1.165) is 177 Å². The Morgan fingerprint density at radius 1 is 0.217 bits per heavy atom. The van der Waals surface area contributed by atoms with Gasteiger partial charge in [-0.25, -0.2) is 19.2 Å². The van der Waals surface area contributed by atoms with Crippen LogP contribution in [0.4, 0.5) is 34.1 Å². The number of benzene rings is 18. The minimum absolute atomic E-state index is 0.418. The number of para-hydroxylation sites is 6. The van der Waals surface area contributed by atoms with Gasteiger partial charge in [-0.3, -0.25) is 0 Å². The van der Waals surface area contributed by atoms with Gasteiger partial charge in [0.15, 0.2) is 0 Å².